The van der Waals surface area contributed by atoms with E-state index >= 15 is 0 Å². The maximum atomic E-state index is 12.4. The third-order valence-corrected chi connectivity index (χ3v) is 3.75. The van der Waals surface area contributed by atoms with Gasteiger partial charge in [0.25, 0.3) is 5.91 Å². The molecule has 0 saturated heterocycles. The van der Waals surface area contributed by atoms with Gasteiger partial charge in [0.2, 0.25) is 0 Å². The van der Waals surface area contributed by atoms with E-state index in [1.165, 1.54) is 5.56 Å². The fraction of sp³-hybridized carbons (Fsp3) is 0.250. The zero-order valence-electron chi connectivity index (χ0n) is 13.7. The molecule has 1 N–H and O–H groups in total. The van der Waals surface area contributed by atoms with E-state index in [0.29, 0.717) is 11.5 Å². The minimum absolute atomic E-state index is 0.0772. The Morgan fingerprint density at radius 3 is 2.36 bits per heavy atom. The first-order valence-corrected chi connectivity index (χ1v) is 7.66. The number of benzene rings is 2. The van der Waals surface area contributed by atoms with Crippen LogP contribution in [0.1, 0.15) is 53.7 Å². The van der Waals surface area contributed by atoms with Crippen molar-refractivity contribution in [1.29, 1.82) is 0 Å². The molecule has 0 saturated carbocycles. The van der Waals surface area contributed by atoms with Crippen LogP contribution in [0.3, 0.4) is 0 Å². The first-order valence-electron chi connectivity index (χ1n) is 7.66. The van der Waals surface area contributed by atoms with E-state index < -0.39 is 0 Å². The average molecular weight is 293 g/mol. The second kappa shape index (κ2) is 7.08. The normalized spacial score (nSPS) is 11.1. The maximum absolute atomic E-state index is 12.4. The van der Waals surface area contributed by atoms with Crippen molar-refractivity contribution < 1.29 is 4.79 Å². The quantitative estimate of drug-likeness (QED) is 0.803. The summed E-state index contributed by atoms with van der Waals surface area (Å²) in [6, 6.07) is 13.7. The van der Waals surface area contributed by atoms with Crippen LogP contribution in [-0.4, -0.2) is 5.91 Å². The molecule has 0 aromatic heterocycles. The standard InChI is InChI=1S/C20H23NO/c1-5-7-18-15(4)8-6-9-19(18)21-20(22)17-12-10-16(11-13-17)14(2)3/h5-14H,1-4H3,(H,21,22)/b7-5-. The van der Waals surface area contributed by atoms with Crippen LogP contribution in [0.4, 0.5) is 5.69 Å². The summed E-state index contributed by atoms with van der Waals surface area (Å²) in [4.78, 5) is 12.4. The van der Waals surface area contributed by atoms with Gasteiger partial charge in [-0.1, -0.05) is 50.3 Å². The summed E-state index contributed by atoms with van der Waals surface area (Å²) in [6.45, 7) is 8.31. The van der Waals surface area contributed by atoms with Crippen molar-refractivity contribution in [2.24, 2.45) is 0 Å². The number of hydrogen-bond acceptors (Lipinski definition) is 1. The lowest BCUT2D eigenvalue weighted by Crippen LogP contribution is -2.13. The van der Waals surface area contributed by atoms with Crippen molar-refractivity contribution >= 4 is 17.7 Å². The predicted octanol–water partition coefficient (Wildman–Crippen LogP) is 5.40. The predicted molar refractivity (Wildman–Crippen MR) is 94.4 cm³/mol. The lowest BCUT2D eigenvalue weighted by atomic mass is 10.0. The Bertz CT molecular complexity index is 681. The second-order valence-electron chi connectivity index (χ2n) is 5.77. The number of nitrogens with one attached hydrogen (secondary N) is 1. The summed E-state index contributed by atoms with van der Waals surface area (Å²) in [5.74, 6) is 0.391. The zero-order chi connectivity index (χ0) is 16.1. The molecule has 0 aliphatic carbocycles. The molecule has 22 heavy (non-hydrogen) atoms. The van der Waals surface area contributed by atoms with E-state index in [9.17, 15) is 4.79 Å². The molecular formula is C20H23NO. The van der Waals surface area contributed by atoms with Gasteiger partial charge in [-0.3, -0.25) is 4.79 Å². The van der Waals surface area contributed by atoms with Crippen LogP contribution < -0.4 is 5.32 Å². The topological polar surface area (TPSA) is 29.1 Å². The van der Waals surface area contributed by atoms with Crippen molar-refractivity contribution in [2.75, 3.05) is 5.32 Å². The number of allylic oxidation sites excluding steroid dienone is 1. The Kier molecular flexibility index (Phi) is 5.16. The molecule has 0 heterocycles. The van der Waals surface area contributed by atoms with Gasteiger partial charge in [-0.15, -0.1) is 0 Å². The van der Waals surface area contributed by atoms with E-state index in [-0.39, 0.29) is 5.91 Å². The Morgan fingerprint density at radius 2 is 1.77 bits per heavy atom. The Balaban J connectivity index is 2.24. The van der Waals surface area contributed by atoms with Crippen molar-refractivity contribution in [2.45, 2.75) is 33.6 Å². The monoisotopic (exact) mass is 293 g/mol. The number of anilines is 1. The molecule has 1 amide bonds. The van der Waals surface area contributed by atoms with Gasteiger partial charge < -0.3 is 5.32 Å². The van der Waals surface area contributed by atoms with Gasteiger partial charge in [-0.2, -0.15) is 0 Å². The van der Waals surface area contributed by atoms with Gasteiger partial charge >= 0.3 is 0 Å². The average Bonchev–Trinajstić information content (AvgIpc) is 2.51. The number of rotatable bonds is 4. The fourth-order valence-corrected chi connectivity index (χ4v) is 2.39. The molecule has 0 aliphatic rings. The van der Waals surface area contributed by atoms with Gasteiger partial charge in [-0.05, 0) is 49.1 Å². The van der Waals surface area contributed by atoms with E-state index in [2.05, 4.69) is 19.2 Å². The minimum Gasteiger partial charge on any atom is -0.321 e. The summed E-state index contributed by atoms with van der Waals surface area (Å²) in [5.41, 5.74) is 4.96. The summed E-state index contributed by atoms with van der Waals surface area (Å²) in [6.07, 6.45) is 4.00. The lowest BCUT2D eigenvalue weighted by molar-refractivity contribution is 0.102. The molecular weight excluding hydrogens is 270 g/mol. The van der Waals surface area contributed by atoms with Crippen LogP contribution in [-0.2, 0) is 0 Å². The van der Waals surface area contributed by atoms with Crippen molar-refractivity contribution in [3.05, 3.63) is 70.8 Å². The third-order valence-electron chi connectivity index (χ3n) is 3.75. The molecule has 0 radical (unpaired) electrons. The first kappa shape index (κ1) is 16.0. The molecule has 0 aliphatic heterocycles. The Morgan fingerprint density at radius 1 is 1.09 bits per heavy atom. The minimum atomic E-state index is -0.0772. The van der Waals surface area contributed by atoms with Gasteiger partial charge in [0.15, 0.2) is 0 Å². The van der Waals surface area contributed by atoms with Crippen LogP contribution in [0.5, 0.6) is 0 Å². The van der Waals surface area contributed by atoms with E-state index in [4.69, 9.17) is 0 Å². The first-order chi connectivity index (χ1) is 10.5. The Labute approximate surface area is 132 Å². The molecule has 2 nitrogen and oxygen atoms in total. The SMILES string of the molecule is C/C=C\c1c(C)cccc1NC(=O)c1ccc(C(C)C)cc1. The Hall–Kier alpha value is -2.35. The van der Waals surface area contributed by atoms with E-state index in [1.54, 1.807) is 0 Å². The molecule has 0 spiro atoms. The van der Waals surface area contributed by atoms with Gasteiger partial charge in [0, 0.05) is 16.8 Å². The highest BCUT2D eigenvalue weighted by Crippen LogP contribution is 2.22. The summed E-state index contributed by atoms with van der Waals surface area (Å²) >= 11 is 0. The molecule has 2 aromatic carbocycles. The lowest BCUT2D eigenvalue weighted by Gasteiger charge is -2.12. The fourth-order valence-electron chi connectivity index (χ4n) is 2.39. The largest absolute Gasteiger partial charge is 0.321 e. The van der Waals surface area contributed by atoms with Gasteiger partial charge in [0.1, 0.15) is 0 Å². The van der Waals surface area contributed by atoms with Crippen molar-refractivity contribution in [3.63, 3.8) is 0 Å². The maximum Gasteiger partial charge on any atom is 0.255 e. The molecule has 114 valence electrons. The molecule has 2 rings (SSSR count). The smallest absolute Gasteiger partial charge is 0.255 e. The second-order valence-corrected chi connectivity index (χ2v) is 5.77. The summed E-state index contributed by atoms with van der Waals surface area (Å²) < 4.78 is 0. The highest BCUT2D eigenvalue weighted by atomic mass is 16.1. The molecule has 0 atom stereocenters. The van der Waals surface area contributed by atoms with E-state index in [1.807, 2.05) is 68.5 Å². The van der Waals surface area contributed by atoms with Crippen LogP contribution in [0.15, 0.2) is 48.5 Å². The number of amides is 1. The number of carbonyl (C=O) groups excluding carboxylic acids is 1. The highest BCUT2D eigenvalue weighted by molar-refractivity contribution is 6.05. The number of carbonyl (C=O) groups is 1. The van der Waals surface area contributed by atoms with E-state index in [0.717, 1.165) is 16.8 Å². The highest BCUT2D eigenvalue weighted by Gasteiger charge is 2.10. The molecule has 0 fully saturated rings. The number of hydrogen-bond donors (Lipinski definition) is 1. The van der Waals surface area contributed by atoms with Crippen LogP contribution in [0.2, 0.25) is 0 Å². The van der Waals surface area contributed by atoms with Crippen molar-refractivity contribution in [3.8, 4) is 0 Å². The van der Waals surface area contributed by atoms with Crippen LogP contribution in [0, 0.1) is 6.92 Å². The molecule has 2 heteroatoms. The molecule has 0 bridgehead atoms. The third kappa shape index (κ3) is 3.64. The number of aryl methyl sites for hydroxylation is 1. The van der Waals surface area contributed by atoms with Gasteiger partial charge in [-0.25, -0.2) is 0 Å². The van der Waals surface area contributed by atoms with Crippen LogP contribution in [0.25, 0.3) is 6.08 Å². The summed E-state index contributed by atoms with van der Waals surface area (Å²) in [5, 5.41) is 3.01. The van der Waals surface area contributed by atoms with Crippen LogP contribution >= 0.6 is 0 Å². The molecule has 2 aromatic rings. The molecule has 0 unspecified atom stereocenters. The van der Waals surface area contributed by atoms with Gasteiger partial charge in [0.05, 0.1) is 0 Å². The summed E-state index contributed by atoms with van der Waals surface area (Å²) in [7, 11) is 0. The van der Waals surface area contributed by atoms with Crippen molar-refractivity contribution in [1.82, 2.24) is 0 Å². The zero-order valence-corrected chi connectivity index (χ0v) is 13.7.